The molecule has 1 aromatic heterocycles. The highest BCUT2D eigenvalue weighted by atomic mass is 32.2. The second-order valence-corrected chi connectivity index (χ2v) is 5.19. The first kappa shape index (κ1) is 13.4. The molecular formula is C9H14N4O3S. The van der Waals surface area contributed by atoms with Crippen molar-refractivity contribution in [1.29, 1.82) is 0 Å². The Morgan fingerprint density at radius 1 is 1.47 bits per heavy atom. The van der Waals surface area contributed by atoms with Crippen LogP contribution in [0.4, 0.5) is 5.82 Å². The number of aromatic nitrogens is 1. The number of amides is 1. The Labute approximate surface area is 99.5 Å². The van der Waals surface area contributed by atoms with Gasteiger partial charge in [0.1, 0.15) is 5.82 Å². The van der Waals surface area contributed by atoms with Gasteiger partial charge in [0.15, 0.2) is 0 Å². The van der Waals surface area contributed by atoms with Crippen LogP contribution in [0.5, 0.6) is 0 Å². The predicted octanol–water partition coefficient (Wildman–Crippen LogP) is -0.858. The minimum Gasteiger partial charge on any atom is -0.368 e. The molecule has 0 saturated carbocycles. The number of nitrogens with zero attached hydrogens (tertiary/aromatic N) is 1. The molecule has 4 N–H and O–H groups in total. The highest BCUT2D eigenvalue weighted by Gasteiger charge is 2.07. The third-order valence-corrected chi connectivity index (χ3v) is 2.58. The van der Waals surface area contributed by atoms with E-state index in [0.29, 0.717) is 12.4 Å². The molecule has 17 heavy (non-hydrogen) atoms. The van der Waals surface area contributed by atoms with Gasteiger partial charge in [-0.3, -0.25) is 4.79 Å². The topological polar surface area (TPSA) is 114 Å². The fraction of sp³-hybridized carbons (Fsp3) is 0.333. The highest BCUT2D eigenvalue weighted by molar-refractivity contribution is 7.88. The summed E-state index contributed by atoms with van der Waals surface area (Å²) in [7, 11) is -3.21. The molecule has 0 aromatic carbocycles. The van der Waals surface area contributed by atoms with Crippen LogP contribution in [0.3, 0.4) is 0 Å². The first-order valence-corrected chi connectivity index (χ1v) is 6.72. The fourth-order valence-corrected chi connectivity index (χ4v) is 1.64. The molecule has 0 aliphatic rings. The van der Waals surface area contributed by atoms with Crippen LogP contribution in [-0.2, 0) is 10.0 Å². The molecule has 0 aliphatic heterocycles. The van der Waals surface area contributed by atoms with Crippen molar-refractivity contribution in [1.82, 2.24) is 9.71 Å². The maximum Gasteiger partial charge on any atom is 0.252 e. The van der Waals surface area contributed by atoms with Crippen LogP contribution < -0.4 is 15.8 Å². The van der Waals surface area contributed by atoms with Crippen molar-refractivity contribution in [2.75, 3.05) is 24.7 Å². The van der Waals surface area contributed by atoms with Gasteiger partial charge in [0.2, 0.25) is 10.0 Å². The van der Waals surface area contributed by atoms with Crippen molar-refractivity contribution in [3.8, 4) is 0 Å². The first-order chi connectivity index (χ1) is 7.90. The standard InChI is InChI=1S/C9H14N4O3S/c1-17(15,16)13-6-5-12-9-7(8(10)14)3-2-4-11-9/h2-4,13H,5-6H2,1H3,(H2,10,14)(H,11,12). The molecule has 7 nitrogen and oxygen atoms in total. The Morgan fingerprint density at radius 2 is 2.18 bits per heavy atom. The molecule has 0 unspecified atom stereocenters. The van der Waals surface area contributed by atoms with Gasteiger partial charge in [0.05, 0.1) is 11.8 Å². The number of carbonyl (C=O) groups excluding carboxylic acids is 1. The Kier molecular flexibility index (Phi) is 4.41. The molecule has 0 bridgehead atoms. The molecule has 1 rings (SSSR count). The lowest BCUT2D eigenvalue weighted by molar-refractivity contribution is 0.100. The van der Waals surface area contributed by atoms with E-state index in [-0.39, 0.29) is 12.1 Å². The largest absolute Gasteiger partial charge is 0.368 e. The fourth-order valence-electron chi connectivity index (χ4n) is 1.16. The number of hydrogen-bond donors (Lipinski definition) is 3. The molecule has 0 fully saturated rings. The Bertz CT molecular complexity index is 501. The van der Waals surface area contributed by atoms with Crippen molar-refractivity contribution < 1.29 is 13.2 Å². The zero-order chi connectivity index (χ0) is 12.9. The van der Waals surface area contributed by atoms with Crippen molar-refractivity contribution in [3.63, 3.8) is 0 Å². The van der Waals surface area contributed by atoms with E-state index in [4.69, 9.17) is 5.73 Å². The van der Waals surface area contributed by atoms with Crippen LogP contribution in [0.15, 0.2) is 18.3 Å². The molecule has 0 atom stereocenters. The monoisotopic (exact) mass is 258 g/mol. The number of primary amides is 1. The van der Waals surface area contributed by atoms with Crippen molar-refractivity contribution >= 4 is 21.7 Å². The van der Waals surface area contributed by atoms with Crippen LogP contribution in [0.1, 0.15) is 10.4 Å². The lowest BCUT2D eigenvalue weighted by Gasteiger charge is -2.08. The average Bonchev–Trinajstić information content (AvgIpc) is 2.23. The second kappa shape index (κ2) is 5.60. The molecule has 1 amide bonds. The molecule has 94 valence electrons. The Morgan fingerprint density at radius 3 is 2.76 bits per heavy atom. The number of sulfonamides is 1. The smallest absolute Gasteiger partial charge is 0.252 e. The molecule has 1 heterocycles. The van der Waals surface area contributed by atoms with Crippen LogP contribution in [0, 0.1) is 0 Å². The van der Waals surface area contributed by atoms with Crippen LogP contribution >= 0.6 is 0 Å². The van der Waals surface area contributed by atoms with Gasteiger partial charge in [-0.1, -0.05) is 0 Å². The predicted molar refractivity (Wildman–Crippen MR) is 64.1 cm³/mol. The number of nitrogens with two attached hydrogens (primary N) is 1. The molecule has 0 spiro atoms. The third kappa shape index (κ3) is 4.79. The summed E-state index contributed by atoms with van der Waals surface area (Å²) in [6.07, 6.45) is 2.58. The quantitative estimate of drug-likeness (QED) is 0.574. The van der Waals surface area contributed by atoms with E-state index in [1.54, 1.807) is 12.1 Å². The maximum atomic E-state index is 11.0. The lowest BCUT2D eigenvalue weighted by atomic mass is 10.2. The van der Waals surface area contributed by atoms with Gasteiger partial charge < -0.3 is 11.1 Å². The zero-order valence-electron chi connectivity index (χ0n) is 9.30. The molecule has 8 heteroatoms. The van der Waals surface area contributed by atoms with Gasteiger partial charge in [-0.25, -0.2) is 18.1 Å². The van der Waals surface area contributed by atoms with E-state index in [9.17, 15) is 13.2 Å². The number of nitrogens with one attached hydrogen (secondary N) is 2. The molecule has 0 aliphatic carbocycles. The number of carbonyl (C=O) groups is 1. The van der Waals surface area contributed by atoms with E-state index in [0.717, 1.165) is 6.26 Å². The highest BCUT2D eigenvalue weighted by Crippen LogP contribution is 2.09. The normalized spacial score (nSPS) is 11.1. The molecule has 0 radical (unpaired) electrons. The summed E-state index contributed by atoms with van der Waals surface area (Å²) < 4.78 is 23.9. The van der Waals surface area contributed by atoms with Crippen molar-refractivity contribution in [2.24, 2.45) is 5.73 Å². The summed E-state index contributed by atoms with van der Waals surface area (Å²) in [5.41, 5.74) is 5.43. The lowest BCUT2D eigenvalue weighted by Crippen LogP contribution is -2.28. The Hall–Kier alpha value is -1.67. The van der Waals surface area contributed by atoms with Gasteiger partial charge in [-0.2, -0.15) is 0 Å². The number of anilines is 1. The summed E-state index contributed by atoms with van der Waals surface area (Å²) in [5, 5.41) is 2.83. The van der Waals surface area contributed by atoms with Crippen LogP contribution in [-0.4, -0.2) is 38.7 Å². The molecular weight excluding hydrogens is 244 g/mol. The Balaban J connectivity index is 2.55. The molecule has 0 saturated heterocycles. The van der Waals surface area contributed by atoms with Crippen molar-refractivity contribution in [3.05, 3.63) is 23.9 Å². The van der Waals surface area contributed by atoms with E-state index in [1.165, 1.54) is 6.20 Å². The minimum atomic E-state index is -3.21. The first-order valence-electron chi connectivity index (χ1n) is 4.83. The maximum absolute atomic E-state index is 11.0. The van der Waals surface area contributed by atoms with E-state index in [2.05, 4.69) is 15.0 Å². The van der Waals surface area contributed by atoms with E-state index >= 15 is 0 Å². The SMILES string of the molecule is CS(=O)(=O)NCCNc1ncccc1C(N)=O. The van der Waals surface area contributed by atoms with E-state index < -0.39 is 15.9 Å². The summed E-state index contributed by atoms with van der Waals surface area (Å²) in [6, 6.07) is 3.14. The number of pyridine rings is 1. The third-order valence-electron chi connectivity index (χ3n) is 1.85. The zero-order valence-corrected chi connectivity index (χ0v) is 10.1. The summed E-state index contributed by atoms with van der Waals surface area (Å²) in [4.78, 5) is 15.0. The summed E-state index contributed by atoms with van der Waals surface area (Å²) >= 11 is 0. The summed E-state index contributed by atoms with van der Waals surface area (Å²) in [6.45, 7) is 0.512. The number of hydrogen-bond acceptors (Lipinski definition) is 5. The van der Waals surface area contributed by atoms with Gasteiger partial charge >= 0.3 is 0 Å². The summed E-state index contributed by atoms with van der Waals surface area (Å²) in [5.74, 6) is -0.244. The van der Waals surface area contributed by atoms with E-state index in [1.807, 2.05) is 0 Å². The molecule has 1 aromatic rings. The minimum absolute atomic E-state index is 0.202. The van der Waals surface area contributed by atoms with Gasteiger partial charge in [-0.15, -0.1) is 0 Å². The van der Waals surface area contributed by atoms with Gasteiger partial charge in [-0.05, 0) is 12.1 Å². The number of rotatable bonds is 6. The second-order valence-electron chi connectivity index (χ2n) is 3.36. The average molecular weight is 258 g/mol. The van der Waals surface area contributed by atoms with Gasteiger partial charge in [0.25, 0.3) is 5.91 Å². The van der Waals surface area contributed by atoms with Crippen LogP contribution in [0.2, 0.25) is 0 Å². The van der Waals surface area contributed by atoms with Crippen molar-refractivity contribution in [2.45, 2.75) is 0 Å². The van der Waals surface area contributed by atoms with Gasteiger partial charge in [0, 0.05) is 19.3 Å². The van der Waals surface area contributed by atoms with Crippen LogP contribution in [0.25, 0.3) is 0 Å².